The molecule has 1 N–H and O–H groups in total. The number of amides is 1. The summed E-state index contributed by atoms with van der Waals surface area (Å²) in [7, 11) is 0. The fourth-order valence-corrected chi connectivity index (χ4v) is 3.90. The van der Waals surface area contributed by atoms with Crippen LogP contribution in [0.25, 0.3) is 0 Å². The van der Waals surface area contributed by atoms with Crippen molar-refractivity contribution in [3.05, 3.63) is 38.2 Å². The van der Waals surface area contributed by atoms with Crippen molar-refractivity contribution in [2.45, 2.75) is 52.5 Å². The van der Waals surface area contributed by atoms with Crippen molar-refractivity contribution >= 4 is 28.3 Å². The highest BCUT2D eigenvalue weighted by Crippen LogP contribution is 2.23. The van der Waals surface area contributed by atoms with Gasteiger partial charge in [-0.05, 0) is 45.1 Å². The molecule has 0 aromatic carbocycles. The second kappa shape index (κ2) is 8.43. The number of hydrogen-bond acceptors (Lipinski definition) is 7. The number of nitrogens with zero attached hydrogens (tertiary/aromatic N) is 3. The molecule has 0 saturated carbocycles. The molecule has 144 valence electrons. The molecule has 0 aliphatic heterocycles. The van der Waals surface area contributed by atoms with Gasteiger partial charge in [0.2, 0.25) is 5.91 Å². The maximum Gasteiger partial charge on any atom is 0.350 e. The molecule has 0 fully saturated rings. The van der Waals surface area contributed by atoms with Crippen LogP contribution in [0.5, 0.6) is 0 Å². The maximum atomic E-state index is 12.3. The van der Waals surface area contributed by atoms with Gasteiger partial charge in [-0.2, -0.15) is 5.10 Å². The molecule has 9 heteroatoms. The smallest absolute Gasteiger partial charge is 0.350 e. The van der Waals surface area contributed by atoms with Gasteiger partial charge < -0.3 is 10.1 Å². The Hall–Kier alpha value is -2.55. The highest BCUT2D eigenvalue weighted by Gasteiger charge is 2.18. The van der Waals surface area contributed by atoms with Gasteiger partial charge in [0.15, 0.2) is 5.13 Å². The Bertz CT molecular complexity index is 919. The number of nitrogens with one attached hydrogen (secondary N) is 1. The zero-order valence-corrected chi connectivity index (χ0v) is 16.2. The van der Waals surface area contributed by atoms with Gasteiger partial charge in [0.25, 0.3) is 5.56 Å². The highest BCUT2D eigenvalue weighted by atomic mass is 32.1. The van der Waals surface area contributed by atoms with Gasteiger partial charge >= 0.3 is 5.97 Å². The van der Waals surface area contributed by atoms with Crippen LogP contribution in [0.4, 0.5) is 5.13 Å². The molecule has 27 heavy (non-hydrogen) atoms. The molecule has 0 saturated heterocycles. The predicted molar refractivity (Wildman–Crippen MR) is 101 cm³/mol. The Balaban J connectivity index is 1.71. The first-order valence-corrected chi connectivity index (χ1v) is 9.84. The lowest BCUT2D eigenvalue weighted by atomic mass is 10.1. The van der Waals surface area contributed by atoms with Crippen molar-refractivity contribution in [3.8, 4) is 0 Å². The molecule has 0 atom stereocenters. The number of carbonyl (C=O) groups excluding carboxylic acids is 2. The van der Waals surface area contributed by atoms with Crippen LogP contribution < -0.4 is 10.9 Å². The molecule has 0 unspecified atom stereocenters. The molecule has 0 spiro atoms. The van der Waals surface area contributed by atoms with Crippen molar-refractivity contribution in [2.24, 2.45) is 0 Å². The average molecular weight is 390 g/mol. The number of esters is 1. The molecule has 3 rings (SSSR count). The second-order valence-electron chi connectivity index (χ2n) is 6.38. The summed E-state index contributed by atoms with van der Waals surface area (Å²) in [4.78, 5) is 41.0. The number of aromatic nitrogens is 3. The third kappa shape index (κ3) is 4.60. The summed E-state index contributed by atoms with van der Waals surface area (Å²) in [6.45, 7) is 3.48. The summed E-state index contributed by atoms with van der Waals surface area (Å²) in [5, 5.41) is 7.31. The quantitative estimate of drug-likeness (QED) is 0.619. The van der Waals surface area contributed by atoms with E-state index >= 15 is 0 Å². The monoisotopic (exact) mass is 390 g/mol. The molecule has 0 radical (unpaired) electrons. The Morgan fingerprint density at radius 2 is 2.07 bits per heavy atom. The molecule has 1 aliphatic rings. The molecule has 2 aromatic rings. The Morgan fingerprint density at radius 1 is 1.30 bits per heavy atom. The van der Waals surface area contributed by atoms with Crippen LogP contribution in [0.15, 0.2) is 10.9 Å². The number of aryl methyl sites for hydroxylation is 3. The number of anilines is 1. The van der Waals surface area contributed by atoms with E-state index in [2.05, 4.69) is 15.4 Å². The average Bonchev–Trinajstić information content (AvgIpc) is 2.83. The van der Waals surface area contributed by atoms with Gasteiger partial charge in [-0.1, -0.05) is 17.8 Å². The maximum absolute atomic E-state index is 12.3. The molecule has 1 aliphatic carbocycles. The third-order valence-electron chi connectivity index (χ3n) is 4.32. The summed E-state index contributed by atoms with van der Waals surface area (Å²) in [6.07, 6.45) is 4.91. The van der Waals surface area contributed by atoms with Gasteiger partial charge in [-0.25, -0.2) is 14.5 Å². The summed E-state index contributed by atoms with van der Waals surface area (Å²) < 4.78 is 6.15. The Labute approximate surface area is 160 Å². The summed E-state index contributed by atoms with van der Waals surface area (Å²) in [6, 6.07) is 1.59. The van der Waals surface area contributed by atoms with E-state index in [0.29, 0.717) is 15.7 Å². The zero-order chi connectivity index (χ0) is 19.4. The number of fused-ring (bicyclic) bond motifs is 1. The van der Waals surface area contributed by atoms with Gasteiger partial charge in [0, 0.05) is 6.07 Å². The van der Waals surface area contributed by atoms with E-state index in [4.69, 9.17) is 4.74 Å². The minimum Gasteiger partial charge on any atom is -0.462 e. The molecular weight excluding hydrogens is 368 g/mol. The standard InChI is InChI=1S/C18H22N4O4S/c1-3-26-17(25)16-11(2)19-18(27-16)20-14(23)10-22-15(24)9-12-7-5-4-6-8-13(12)21-22/h9H,3-8,10H2,1-2H3,(H,19,20,23). The number of carbonyl (C=O) groups is 2. The lowest BCUT2D eigenvalue weighted by Crippen LogP contribution is -2.30. The third-order valence-corrected chi connectivity index (χ3v) is 5.37. The van der Waals surface area contributed by atoms with Gasteiger partial charge in [-0.15, -0.1) is 0 Å². The van der Waals surface area contributed by atoms with Crippen LogP contribution in [0.2, 0.25) is 0 Å². The van der Waals surface area contributed by atoms with Gasteiger partial charge in [0.1, 0.15) is 11.4 Å². The lowest BCUT2D eigenvalue weighted by molar-refractivity contribution is -0.117. The Morgan fingerprint density at radius 3 is 2.85 bits per heavy atom. The highest BCUT2D eigenvalue weighted by molar-refractivity contribution is 7.17. The number of ether oxygens (including phenoxy) is 1. The van der Waals surface area contributed by atoms with Gasteiger partial charge in [0.05, 0.1) is 18.0 Å². The Kier molecular flexibility index (Phi) is 6.00. The second-order valence-corrected chi connectivity index (χ2v) is 7.37. The van der Waals surface area contributed by atoms with E-state index in [1.54, 1.807) is 19.9 Å². The van der Waals surface area contributed by atoms with Crippen molar-refractivity contribution in [2.75, 3.05) is 11.9 Å². The van der Waals surface area contributed by atoms with Crippen molar-refractivity contribution < 1.29 is 14.3 Å². The van der Waals surface area contributed by atoms with Crippen LogP contribution in [0, 0.1) is 6.92 Å². The number of rotatable bonds is 5. The summed E-state index contributed by atoms with van der Waals surface area (Å²) >= 11 is 1.05. The normalized spacial score (nSPS) is 13.6. The van der Waals surface area contributed by atoms with E-state index in [9.17, 15) is 14.4 Å². The molecular formula is C18H22N4O4S. The topological polar surface area (TPSA) is 103 Å². The van der Waals surface area contributed by atoms with Crippen LogP contribution in [-0.2, 0) is 28.9 Å². The van der Waals surface area contributed by atoms with Gasteiger partial charge in [-0.3, -0.25) is 9.59 Å². The first-order chi connectivity index (χ1) is 13.0. The van der Waals surface area contributed by atoms with E-state index in [0.717, 1.165) is 54.7 Å². The van der Waals surface area contributed by atoms with Crippen molar-refractivity contribution in [3.63, 3.8) is 0 Å². The van der Waals surface area contributed by atoms with E-state index in [1.807, 2.05) is 0 Å². The minimum atomic E-state index is -0.461. The van der Waals surface area contributed by atoms with E-state index in [1.165, 1.54) is 4.68 Å². The largest absolute Gasteiger partial charge is 0.462 e. The summed E-state index contributed by atoms with van der Waals surface area (Å²) in [5.41, 5.74) is 2.10. The van der Waals surface area contributed by atoms with Crippen LogP contribution in [-0.4, -0.2) is 33.2 Å². The molecule has 0 bridgehead atoms. The summed E-state index contributed by atoms with van der Waals surface area (Å²) in [5.74, 6) is -0.876. The molecule has 1 amide bonds. The van der Waals surface area contributed by atoms with Crippen molar-refractivity contribution in [1.82, 2.24) is 14.8 Å². The predicted octanol–water partition coefficient (Wildman–Crippen LogP) is 2.09. The fourth-order valence-electron chi connectivity index (χ4n) is 3.02. The molecule has 8 nitrogen and oxygen atoms in total. The first-order valence-electron chi connectivity index (χ1n) is 9.02. The molecule has 2 heterocycles. The van der Waals surface area contributed by atoms with Crippen LogP contribution in [0.1, 0.15) is 52.8 Å². The molecule has 2 aromatic heterocycles. The zero-order valence-electron chi connectivity index (χ0n) is 15.4. The number of hydrogen-bond donors (Lipinski definition) is 1. The van der Waals surface area contributed by atoms with E-state index < -0.39 is 11.9 Å². The van der Waals surface area contributed by atoms with Crippen molar-refractivity contribution in [1.29, 1.82) is 0 Å². The number of thiazole rings is 1. The minimum absolute atomic E-state index is 0.195. The lowest BCUT2D eigenvalue weighted by Gasteiger charge is -2.09. The van der Waals surface area contributed by atoms with Crippen LogP contribution >= 0.6 is 11.3 Å². The first kappa shape index (κ1) is 19.2. The van der Waals surface area contributed by atoms with E-state index in [-0.39, 0.29) is 18.7 Å². The fraction of sp³-hybridized carbons (Fsp3) is 0.500. The SMILES string of the molecule is CCOC(=O)c1sc(NC(=O)Cn2nc3c(cc2=O)CCCCC3)nc1C. The van der Waals surface area contributed by atoms with Crippen LogP contribution in [0.3, 0.4) is 0 Å².